The minimum Gasteiger partial charge on any atom is -0.420 e. The number of carbonyl (C=O) groups excluding carboxylic acids is 1. The molecule has 0 aliphatic rings. The highest BCUT2D eigenvalue weighted by molar-refractivity contribution is 6.35. The van der Waals surface area contributed by atoms with Crippen molar-refractivity contribution in [3.63, 3.8) is 0 Å². The molecule has 24 heavy (non-hydrogen) atoms. The zero-order valence-electron chi connectivity index (χ0n) is 12.8. The van der Waals surface area contributed by atoms with Crippen LogP contribution in [0.15, 0.2) is 48.8 Å². The molecule has 0 aliphatic carbocycles. The smallest absolute Gasteiger partial charge is 0.416 e. The summed E-state index contributed by atoms with van der Waals surface area (Å²) in [5, 5.41) is 8.62. The molecule has 9 heteroatoms. The number of rotatable bonds is 5. The number of nitrogens with zero attached hydrogens (tertiary/aromatic N) is 2. The molecular weight excluding hydrogens is 320 g/mol. The van der Waals surface area contributed by atoms with E-state index in [1.165, 1.54) is 12.1 Å². The predicted molar refractivity (Wildman–Crippen MR) is 81.9 cm³/mol. The molecule has 1 aromatic carbocycles. The first kappa shape index (κ1) is 17.5. The van der Waals surface area contributed by atoms with Gasteiger partial charge in [-0.05, 0) is 11.6 Å². The lowest BCUT2D eigenvalue weighted by molar-refractivity contribution is -0.527. The SMILES string of the molecule is N#C[BH2-][n+]1ccc(C(=O)NNCc2cccc(C(F)(F)F)c2)cc1. The van der Waals surface area contributed by atoms with Crippen molar-refractivity contribution >= 4 is 13.3 Å². The quantitative estimate of drug-likeness (QED) is 0.629. The monoisotopic (exact) mass is 334 g/mol. The third-order valence-electron chi connectivity index (χ3n) is 3.35. The number of amides is 1. The molecular formula is C15H14BF3N4O. The van der Waals surface area contributed by atoms with Gasteiger partial charge in [0.15, 0.2) is 0 Å². The molecule has 0 radical (unpaired) electrons. The zero-order valence-corrected chi connectivity index (χ0v) is 12.8. The van der Waals surface area contributed by atoms with Crippen LogP contribution in [0.4, 0.5) is 13.2 Å². The van der Waals surface area contributed by atoms with Crippen LogP contribution in [0.3, 0.4) is 0 Å². The van der Waals surface area contributed by atoms with Crippen molar-refractivity contribution in [3.8, 4) is 5.97 Å². The first-order valence-corrected chi connectivity index (χ1v) is 7.23. The van der Waals surface area contributed by atoms with E-state index in [4.69, 9.17) is 5.26 Å². The summed E-state index contributed by atoms with van der Waals surface area (Å²) in [7, 11) is -0.905. The summed E-state index contributed by atoms with van der Waals surface area (Å²) in [5.74, 6) is 1.68. The van der Waals surface area contributed by atoms with Gasteiger partial charge in [-0.25, -0.2) is 10.7 Å². The number of alkyl halides is 3. The van der Waals surface area contributed by atoms with E-state index in [9.17, 15) is 18.0 Å². The molecule has 5 nitrogen and oxygen atoms in total. The number of hydrogen-bond acceptors (Lipinski definition) is 3. The fourth-order valence-electron chi connectivity index (χ4n) is 2.07. The fraction of sp³-hybridized carbons (Fsp3) is 0.133. The summed E-state index contributed by atoms with van der Waals surface area (Å²) in [4.78, 5) is 11.9. The van der Waals surface area contributed by atoms with Gasteiger partial charge >= 0.3 is 13.6 Å². The average Bonchev–Trinajstić information content (AvgIpc) is 2.55. The Morgan fingerprint density at radius 1 is 1.25 bits per heavy atom. The summed E-state index contributed by atoms with van der Waals surface area (Å²) >= 11 is 0. The van der Waals surface area contributed by atoms with Crippen molar-refractivity contribution in [2.24, 2.45) is 0 Å². The third-order valence-corrected chi connectivity index (χ3v) is 3.35. The van der Waals surface area contributed by atoms with Gasteiger partial charge in [-0.1, -0.05) is 24.2 Å². The molecule has 1 heterocycles. The van der Waals surface area contributed by atoms with E-state index in [2.05, 4.69) is 16.8 Å². The number of nitriles is 1. The number of hydrogen-bond donors (Lipinski definition) is 2. The Morgan fingerprint density at radius 3 is 2.58 bits per heavy atom. The average molecular weight is 334 g/mol. The van der Waals surface area contributed by atoms with Crippen LogP contribution in [0.2, 0.25) is 0 Å². The Hall–Kier alpha value is -2.86. The molecule has 0 aliphatic heterocycles. The van der Waals surface area contributed by atoms with E-state index in [-0.39, 0.29) is 6.54 Å². The summed E-state index contributed by atoms with van der Waals surface area (Å²) in [6, 6.07) is 8.01. The summed E-state index contributed by atoms with van der Waals surface area (Å²) in [6.07, 6.45) is -1.11. The highest BCUT2D eigenvalue weighted by Crippen LogP contribution is 2.29. The minimum atomic E-state index is -4.40. The Kier molecular flexibility index (Phi) is 5.55. The van der Waals surface area contributed by atoms with Gasteiger partial charge in [-0.2, -0.15) is 13.2 Å². The molecule has 0 saturated heterocycles. The summed E-state index contributed by atoms with van der Waals surface area (Å²) in [6.45, 7) is 0.0587. The van der Waals surface area contributed by atoms with Crippen molar-refractivity contribution < 1.29 is 22.4 Å². The molecule has 1 aromatic heterocycles. The second-order valence-electron chi connectivity index (χ2n) is 5.21. The Labute approximate surface area is 137 Å². The maximum atomic E-state index is 12.6. The van der Waals surface area contributed by atoms with Crippen molar-refractivity contribution in [1.29, 1.82) is 5.26 Å². The van der Waals surface area contributed by atoms with Crippen molar-refractivity contribution in [2.75, 3.05) is 0 Å². The molecule has 2 rings (SSSR count). The van der Waals surface area contributed by atoms with Crippen LogP contribution in [0.5, 0.6) is 0 Å². The van der Waals surface area contributed by atoms with Crippen LogP contribution in [0, 0.1) is 11.2 Å². The molecule has 0 bridgehead atoms. The van der Waals surface area contributed by atoms with E-state index < -0.39 is 25.1 Å². The second-order valence-corrected chi connectivity index (χ2v) is 5.21. The van der Waals surface area contributed by atoms with Crippen LogP contribution in [0.25, 0.3) is 0 Å². The van der Waals surface area contributed by atoms with Crippen molar-refractivity contribution in [3.05, 3.63) is 65.5 Å². The van der Waals surface area contributed by atoms with Crippen molar-refractivity contribution in [2.45, 2.75) is 12.7 Å². The van der Waals surface area contributed by atoms with Gasteiger partial charge in [0.1, 0.15) is 12.4 Å². The highest BCUT2D eigenvalue weighted by atomic mass is 19.4. The van der Waals surface area contributed by atoms with Crippen LogP contribution >= 0.6 is 0 Å². The molecule has 0 fully saturated rings. The van der Waals surface area contributed by atoms with Gasteiger partial charge < -0.3 is 4.48 Å². The molecule has 2 aromatic rings. The van der Waals surface area contributed by atoms with Gasteiger partial charge in [-0.3, -0.25) is 10.2 Å². The number of pyridine rings is 1. The standard InChI is InChI=1S/C15H14BF3N4O/c17-15(18,19)13-3-1-2-11(8-13)9-21-22-14(24)12-4-6-23(7-5-12)16-10-20/h1-8,21H,9,16H2,(H,22,24). The summed E-state index contributed by atoms with van der Waals surface area (Å²) < 4.78 is 39.6. The van der Waals surface area contributed by atoms with Gasteiger partial charge in [0.25, 0.3) is 5.91 Å². The van der Waals surface area contributed by atoms with Crippen molar-refractivity contribution in [1.82, 2.24) is 10.9 Å². The number of hydrazine groups is 1. The van der Waals surface area contributed by atoms with E-state index in [0.717, 1.165) is 12.1 Å². The van der Waals surface area contributed by atoms with E-state index in [1.54, 1.807) is 29.0 Å². The molecule has 124 valence electrons. The molecule has 0 saturated carbocycles. The third kappa shape index (κ3) is 4.82. The van der Waals surface area contributed by atoms with Gasteiger partial charge in [0.2, 0.25) is 0 Å². The minimum absolute atomic E-state index is 0.0587. The number of aromatic nitrogens is 1. The fourth-order valence-corrected chi connectivity index (χ4v) is 2.07. The number of carbonyl (C=O) groups is 1. The first-order valence-electron chi connectivity index (χ1n) is 7.23. The van der Waals surface area contributed by atoms with E-state index in [0.29, 0.717) is 11.1 Å². The Morgan fingerprint density at radius 2 is 1.96 bits per heavy atom. The van der Waals surface area contributed by atoms with Crippen LogP contribution < -0.4 is 15.3 Å². The van der Waals surface area contributed by atoms with Gasteiger partial charge in [0, 0.05) is 18.7 Å². The van der Waals surface area contributed by atoms with E-state index >= 15 is 0 Å². The molecule has 1 amide bonds. The summed E-state index contributed by atoms with van der Waals surface area (Å²) in [5.41, 5.74) is 5.07. The van der Waals surface area contributed by atoms with Crippen LogP contribution in [-0.2, 0) is 12.7 Å². The van der Waals surface area contributed by atoms with Crippen LogP contribution in [-0.4, -0.2) is 13.3 Å². The highest BCUT2D eigenvalue weighted by Gasteiger charge is 2.30. The largest absolute Gasteiger partial charge is 0.420 e. The number of nitrogens with one attached hydrogen (secondary N) is 2. The molecule has 2 N–H and O–H groups in total. The maximum absolute atomic E-state index is 12.6. The lowest BCUT2D eigenvalue weighted by Gasteiger charge is -2.10. The van der Waals surface area contributed by atoms with E-state index in [1.807, 2.05) is 0 Å². The second kappa shape index (κ2) is 7.61. The molecule has 0 unspecified atom stereocenters. The van der Waals surface area contributed by atoms with Crippen LogP contribution in [0.1, 0.15) is 21.5 Å². The molecule has 0 spiro atoms. The van der Waals surface area contributed by atoms with Gasteiger partial charge in [0.05, 0.1) is 11.1 Å². The molecule has 0 atom stereocenters. The first-order chi connectivity index (χ1) is 11.4. The maximum Gasteiger partial charge on any atom is 0.416 e. The number of halogens is 3. The predicted octanol–water partition coefficient (Wildman–Crippen LogP) is 0.840. The Bertz CT molecular complexity index is 757. The normalized spacial score (nSPS) is 10.9. The zero-order chi connectivity index (χ0) is 17.6. The number of benzene rings is 1. The lowest BCUT2D eigenvalue weighted by atomic mass is 9.98. The Balaban J connectivity index is 1.90. The lowest BCUT2D eigenvalue weighted by Crippen LogP contribution is -2.40. The topological polar surface area (TPSA) is 68.8 Å². The van der Waals surface area contributed by atoms with Gasteiger partial charge in [-0.15, -0.1) is 0 Å².